The Hall–Kier alpha value is -1.83. The van der Waals surface area contributed by atoms with Crippen LogP contribution >= 0.6 is 0 Å². The molecule has 1 aliphatic carbocycles. The first-order chi connectivity index (χ1) is 12.2. The lowest BCUT2D eigenvalue weighted by atomic mass is 9.75. The highest BCUT2D eigenvalue weighted by molar-refractivity contribution is 5.72. The molecule has 0 aromatic carbocycles. The van der Waals surface area contributed by atoms with Crippen molar-refractivity contribution in [2.24, 2.45) is 23.7 Å². The van der Waals surface area contributed by atoms with Gasteiger partial charge < -0.3 is 19.3 Å². The lowest BCUT2D eigenvalue weighted by Gasteiger charge is -2.38. The van der Waals surface area contributed by atoms with Crippen molar-refractivity contribution in [1.29, 1.82) is 0 Å². The fourth-order valence-electron chi connectivity index (χ4n) is 3.91. The summed E-state index contributed by atoms with van der Waals surface area (Å²) in [6, 6.07) is 0. The van der Waals surface area contributed by atoms with Crippen molar-refractivity contribution >= 4 is 5.97 Å². The van der Waals surface area contributed by atoms with Crippen molar-refractivity contribution in [3.8, 4) is 0 Å². The van der Waals surface area contributed by atoms with E-state index in [0.29, 0.717) is 17.8 Å². The van der Waals surface area contributed by atoms with Gasteiger partial charge in [-0.1, -0.05) is 27.2 Å². The van der Waals surface area contributed by atoms with Gasteiger partial charge in [-0.05, 0) is 37.5 Å². The zero-order valence-electron chi connectivity index (χ0n) is 15.8. The van der Waals surface area contributed by atoms with Gasteiger partial charge in [-0.15, -0.1) is 0 Å². The van der Waals surface area contributed by atoms with Gasteiger partial charge in [0.15, 0.2) is 0 Å². The van der Waals surface area contributed by atoms with Crippen LogP contribution in [0.25, 0.3) is 0 Å². The van der Waals surface area contributed by atoms with Gasteiger partial charge in [-0.2, -0.15) is 0 Å². The van der Waals surface area contributed by atoms with Crippen LogP contribution in [-0.2, 0) is 19.0 Å². The first-order valence-electron chi connectivity index (χ1n) is 9.29. The van der Waals surface area contributed by atoms with Crippen LogP contribution in [0.4, 0.5) is 0 Å². The van der Waals surface area contributed by atoms with E-state index in [0.717, 1.165) is 19.3 Å². The quantitative estimate of drug-likeness (QED) is 0.316. The molecule has 1 saturated carbocycles. The van der Waals surface area contributed by atoms with E-state index < -0.39 is 34.7 Å². The highest BCUT2D eigenvalue weighted by Gasteiger charge is 2.48. The molecule has 2 rings (SSSR count). The molecule has 1 heterocycles. The van der Waals surface area contributed by atoms with E-state index in [1.54, 1.807) is 6.92 Å². The van der Waals surface area contributed by atoms with Crippen LogP contribution in [0.15, 0.2) is 11.6 Å². The number of ether oxygens (including phenoxy) is 3. The molecule has 148 valence electrons. The van der Waals surface area contributed by atoms with Crippen molar-refractivity contribution in [3.05, 3.63) is 21.8 Å². The van der Waals surface area contributed by atoms with Gasteiger partial charge in [0.25, 0.3) is 0 Å². The number of carbonyl (C=O) groups excluding carboxylic acids is 1. The SMILES string of the molecule is CCO/C(O)=C(\[C@@H]1CC(=O)O[C@H]1O[C@@H]1C[C@H](C)CC[C@H]1C(C)C)[N+](=O)[O-]. The maximum Gasteiger partial charge on any atom is 0.354 e. The summed E-state index contributed by atoms with van der Waals surface area (Å²) in [5, 5.41) is 21.4. The lowest BCUT2D eigenvalue weighted by molar-refractivity contribution is -0.443. The smallest absolute Gasteiger partial charge is 0.354 e. The number of esters is 1. The molecule has 0 aromatic rings. The predicted molar refractivity (Wildman–Crippen MR) is 92.5 cm³/mol. The Kier molecular flexibility index (Phi) is 6.86. The van der Waals surface area contributed by atoms with Crippen molar-refractivity contribution in [2.75, 3.05) is 6.61 Å². The molecule has 0 radical (unpaired) electrons. The summed E-state index contributed by atoms with van der Waals surface area (Å²) >= 11 is 0. The maximum atomic E-state index is 11.8. The molecule has 2 aliphatic rings. The minimum atomic E-state index is -1.08. The van der Waals surface area contributed by atoms with Crippen LogP contribution in [0.5, 0.6) is 0 Å². The monoisotopic (exact) mass is 371 g/mol. The van der Waals surface area contributed by atoms with Crippen LogP contribution in [0.1, 0.15) is 53.4 Å². The topological polar surface area (TPSA) is 108 Å². The number of cyclic esters (lactones) is 1. The average molecular weight is 371 g/mol. The van der Waals surface area contributed by atoms with Gasteiger partial charge in [0.1, 0.15) is 5.92 Å². The molecule has 1 N–H and O–H groups in total. The highest BCUT2D eigenvalue weighted by atomic mass is 16.7. The van der Waals surface area contributed by atoms with E-state index in [1.165, 1.54) is 0 Å². The molecule has 5 atom stereocenters. The van der Waals surface area contributed by atoms with Gasteiger partial charge >= 0.3 is 17.6 Å². The van der Waals surface area contributed by atoms with Crippen LogP contribution in [0.3, 0.4) is 0 Å². The Morgan fingerprint density at radius 2 is 2.12 bits per heavy atom. The van der Waals surface area contributed by atoms with E-state index in [9.17, 15) is 20.0 Å². The number of aliphatic hydroxyl groups excluding tert-OH is 1. The summed E-state index contributed by atoms with van der Waals surface area (Å²) in [4.78, 5) is 22.6. The number of aliphatic hydroxyl groups is 1. The molecule has 0 amide bonds. The molecule has 0 unspecified atom stereocenters. The number of hydrogen-bond acceptors (Lipinski definition) is 7. The molecule has 8 nitrogen and oxygen atoms in total. The van der Waals surface area contributed by atoms with Gasteiger partial charge in [0.2, 0.25) is 6.29 Å². The second-order valence-corrected chi connectivity index (χ2v) is 7.55. The Labute approximate surface area is 153 Å². The van der Waals surface area contributed by atoms with Crippen molar-refractivity contribution in [2.45, 2.75) is 65.8 Å². The van der Waals surface area contributed by atoms with E-state index in [-0.39, 0.29) is 19.1 Å². The summed E-state index contributed by atoms with van der Waals surface area (Å²) in [6.45, 7) is 8.08. The summed E-state index contributed by atoms with van der Waals surface area (Å²) in [5.74, 6) is -1.18. The second kappa shape index (κ2) is 8.70. The Morgan fingerprint density at radius 1 is 1.42 bits per heavy atom. The molecule has 0 aromatic heterocycles. The van der Waals surface area contributed by atoms with Gasteiger partial charge in [0, 0.05) is 0 Å². The predicted octanol–water partition coefficient (Wildman–Crippen LogP) is 3.39. The lowest BCUT2D eigenvalue weighted by Crippen LogP contribution is -2.39. The third-order valence-corrected chi connectivity index (χ3v) is 5.28. The molecule has 2 fully saturated rings. The third-order valence-electron chi connectivity index (χ3n) is 5.28. The fraction of sp³-hybridized carbons (Fsp3) is 0.833. The largest absolute Gasteiger partial charge is 0.476 e. The summed E-state index contributed by atoms with van der Waals surface area (Å²) in [5.41, 5.74) is -0.562. The number of nitro groups is 1. The van der Waals surface area contributed by atoms with Crippen LogP contribution in [0, 0.1) is 33.8 Å². The van der Waals surface area contributed by atoms with Crippen LogP contribution < -0.4 is 0 Å². The van der Waals surface area contributed by atoms with E-state index in [2.05, 4.69) is 20.8 Å². The normalized spacial score (nSPS) is 33.0. The van der Waals surface area contributed by atoms with Gasteiger partial charge in [0.05, 0.1) is 24.1 Å². The minimum absolute atomic E-state index is 0.0752. The van der Waals surface area contributed by atoms with Crippen LogP contribution in [0.2, 0.25) is 0 Å². The Balaban J connectivity index is 2.24. The molecular weight excluding hydrogens is 342 g/mol. The molecule has 0 bridgehead atoms. The summed E-state index contributed by atoms with van der Waals surface area (Å²) in [7, 11) is 0. The molecule has 1 saturated heterocycles. The van der Waals surface area contributed by atoms with Crippen molar-refractivity contribution in [3.63, 3.8) is 0 Å². The zero-order chi connectivity index (χ0) is 19.4. The molecule has 1 aliphatic heterocycles. The number of hydrogen-bond donors (Lipinski definition) is 1. The highest BCUT2D eigenvalue weighted by Crippen LogP contribution is 2.39. The maximum absolute atomic E-state index is 11.8. The molecule has 26 heavy (non-hydrogen) atoms. The third kappa shape index (κ3) is 4.66. The van der Waals surface area contributed by atoms with Gasteiger partial charge in [-0.3, -0.25) is 14.9 Å². The Morgan fingerprint density at radius 3 is 2.69 bits per heavy atom. The van der Waals surface area contributed by atoms with Gasteiger partial charge in [-0.25, -0.2) is 0 Å². The zero-order valence-corrected chi connectivity index (χ0v) is 15.8. The standard InChI is InChI=1S/C18H29NO7/c1-5-24-17(21)16(19(22)23)13-9-15(20)26-18(13)25-14-8-11(4)6-7-12(14)10(2)3/h10-14,18,21H,5-9H2,1-4H3/b17-16+/t11-,12+,13+,14-,18-/m1/s1. The molecule has 8 heteroatoms. The van der Waals surface area contributed by atoms with E-state index in [4.69, 9.17) is 14.2 Å². The summed E-state index contributed by atoms with van der Waals surface area (Å²) < 4.78 is 16.2. The number of nitrogens with zero attached hydrogens (tertiary/aromatic N) is 1. The fourth-order valence-corrected chi connectivity index (χ4v) is 3.91. The van der Waals surface area contributed by atoms with Crippen molar-refractivity contribution in [1.82, 2.24) is 0 Å². The van der Waals surface area contributed by atoms with Crippen LogP contribution in [-0.4, -0.2) is 35.0 Å². The average Bonchev–Trinajstić information content (AvgIpc) is 2.87. The number of rotatable bonds is 7. The van der Waals surface area contributed by atoms with Crippen molar-refractivity contribution < 1.29 is 29.0 Å². The van der Waals surface area contributed by atoms with E-state index in [1.807, 2.05) is 0 Å². The Bertz CT molecular complexity index is 560. The molecule has 0 spiro atoms. The first-order valence-corrected chi connectivity index (χ1v) is 9.29. The second-order valence-electron chi connectivity index (χ2n) is 7.55. The minimum Gasteiger partial charge on any atom is -0.476 e. The summed E-state index contributed by atoms with van der Waals surface area (Å²) in [6.07, 6.45) is 1.51. The van der Waals surface area contributed by atoms with E-state index >= 15 is 0 Å². The molecular formula is C18H29NO7. The number of carbonyl (C=O) groups is 1. The first kappa shape index (κ1) is 20.5.